The smallest absolute Gasteiger partial charge is 0.269 e. The highest BCUT2D eigenvalue weighted by atomic mass is 35.5. The van der Waals surface area contributed by atoms with E-state index < -0.39 is 14.9 Å². The van der Waals surface area contributed by atoms with Crippen molar-refractivity contribution in [1.82, 2.24) is 15.4 Å². The van der Waals surface area contributed by atoms with Gasteiger partial charge in [0.2, 0.25) is 15.9 Å². The van der Waals surface area contributed by atoms with Gasteiger partial charge in [-0.2, -0.15) is 0 Å². The molecule has 1 fully saturated rings. The molecule has 0 aliphatic carbocycles. The Morgan fingerprint density at radius 2 is 1.96 bits per heavy atom. The van der Waals surface area contributed by atoms with E-state index in [1.165, 1.54) is 12.1 Å². The number of carbonyl (C=O) groups is 1. The van der Waals surface area contributed by atoms with Crippen LogP contribution in [0.1, 0.15) is 19.3 Å². The third kappa shape index (κ3) is 6.58. The molecule has 1 saturated heterocycles. The molecule has 2 rings (SSSR count). The van der Waals surface area contributed by atoms with Crippen LogP contribution in [0.15, 0.2) is 29.2 Å². The van der Waals surface area contributed by atoms with Crippen molar-refractivity contribution in [2.45, 2.75) is 30.2 Å². The second kappa shape index (κ2) is 9.66. The lowest BCUT2D eigenvalue weighted by Gasteiger charge is -2.11. The average Bonchev–Trinajstić information content (AvgIpc) is 3.04. The van der Waals surface area contributed by atoms with Crippen LogP contribution in [0, 0.1) is 10.1 Å². The molecule has 1 aromatic rings. The van der Waals surface area contributed by atoms with Crippen molar-refractivity contribution in [3.63, 3.8) is 0 Å². The van der Waals surface area contributed by atoms with Crippen LogP contribution < -0.4 is 15.4 Å². The Kier molecular flexibility index (Phi) is 8.23. The summed E-state index contributed by atoms with van der Waals surface area (Å²) in [5, 5.41) is 16.4. The monoisotopic (exact) mass is 392 g/mol. The van der Waals surface area contributed by atoms with Gasteiger partial charge in [-0.1, -0.05) is 0 Å². The summed E-state index contributed by atoms with van der Waals surface area (Å²) in [5.41, 5.74) is -0.179. The number of carbonyl (C=O) groups excluding carboxylic acids is 1. The van der Waals surface area contributed by atoms with Gasteiger partial charge >= 0.3 is 0 Å². The van der Waals surface area contributed by atoms with Crippen LogP contribution in [0.4, 0.5) is 5.69 Å². The molecule has 0 bridgehead atoms. The maximum absolute atomic E-state index is 12.0. The zero-order valence-corrected chi connectivity index (χ0v) is 15.1. The lowest BCUT2D eigenvalue weighted by Crippen LogP contribution is -2.37. The Balaban J connectivity index is 0.00000312. The van der Waals surface area contributed by atoms with E-state index >= 15 is 0 Å². The Bertz CT molecular complexity index is 690. The number of nitro groups is 1. The number of benzene rings is 1. The van der Waals surface area contributed by atoms with Gasteiger partial charge in [0.1, 0.15) is 0 Å². The Labute approximate surface area is 152 Å². The number of hydrogen-bond donors (Lipinski definition) is 3. The molecule has 0 saturated carbocycles. The quantitative estimate of drug-likeness (QED) is 0.336. The molecule has 1 amide bonds. The molecule has 1 aromatic carbocycles. The van der Waals surface area contributed by atoms with Gasteiger partial charge in [0.25, 0.3) is 5.69 Å². The average molecular weight is 393 g/mol. The summed E-state index contributed by atoms with van der Waals surface area (Å²) in [7, 11) is -3.76. The minimum absolute atomic E-state index is 0. The van der Waals surface area contributed by atoms with Crippen LogP contribution in [-0.4, -0.2) is 44.9 Å². The molecule has 140 valence electrons. The van der Waals surface area contributed by atoms with Gasteiger partial charge in [-0.15, -0.1) is 12.4 Å². The van der Waals surface area contributed by atoms with Gasteiger partial charge in [0, 0.05) is 37.7 Å². The highest BCUT2D eigenvalue weighted by Gasteiger charge is 2.18. The van der Waals surface area contributed by atoms with Crippen LogP contribution in [-0.2, 0) is 14.8 Å². The van der Waals surface area contributed by atoms with E-state index in [1.807, 2.05) is 0 Å². The first-order valence-electron chi connectivity index (χ1n) is 7.63. The minimum Gasteiger partial charge on any atom is -0.355 e. The topological polar surface area (TPSA) is 130 Å². The first kappa shape index (κ1) is 21.3. The Morgan fingerprint density at radius 1 is 1.28 bits per heavy atom. The van der Waals surface area contributed by atoms with Gasteiger partial charge < -0.3 is 10.6 Å². The fraction of sp³-hybridized carbons (Fsp3) is 0.500. The van der Waals surface area contributed by atoms with Crippen molar-refractivity contribution < 1.29 is 18.1 Å². The standard InChI is InChI=1S/C14H20N4O5S.ClH/c19-14(10-11-2-1-7-15-11)16-8-9-17-24(22,23)13-5-3-12(4-6-13)18(20)21;/h3-6,11,15,17H,1-2,7-10H2,(H,16,19);1H. The Morgan fingerprint density at radius 3 is 2.52 bits per heavy atom. The summed E-state index contributed by atoms with van der Waals surface area (Å²) in [6.45, 7) is 1.15. The molecule has 1 heterocycles. The van der Waals surface area contributed by atoms with Gasteiger partial charge in [-0.25, -0.2) is 13.1 Å². The summed E-state index contributed by atoms with van der Waals surface area (Å²) in [4.78, 5) is 21.6. The van der Waals surface area contributed by atoms with Gasteiger partial charge in [-0.3, -0.25) is 14.9 Å². The summed E-state index contributed by atoms with van der Waals surface area (Å²) in [6, 6.07) is 4.80. The number of amides is 1. The van der Waals surface area contributed by atoms with Crippen molar-refractivity contribution in [1.29, 1.82) is 0 Å². The fourth-order valence-electron chi connectivity index (χ4n) is 2.44. The van der Waals surface area contributed by atoms with Crippen LogP contribution in [0.3, 0.4) is 0 Å². The molecule has 9 nitrogen and oxygen atoms in total. The van der Waals surface area contributed by atoms with Gasteiger partial charge in [0.05, 0.1) is 9.82 Å². The molecule has 1 aliphatic heterocycles. The van der Waals surface area contributed by atoms with E-state index in [4.69, 9.17) is 0 Å². The molecule has 3 N–H and O–H groups in total. The van der Waals surface area contributed by atoms with Crippen molar-refractivity contribution in [3.8, 4) is 0 Å². The number of rotatable bonds is 8. The summed E-state index contributed by atoms with van der Waals surface area (Å²) >= 11 is 0. The number of halogens is 1. The van der Waals surface area contributed by atoms with E-state index in [0.717, 1.165) is 31.5 Å². The van der Waals surface area contributed by atoms with E-state index in [0.29, 0.717) is 6.42 Å². The van der Waals surface area contributed by atoms with Crippen LogP contribution in [0.25, 0.3) is 0 Å². The molecule has 11 heteroatoms. The lowest BCUT2D eigenvalue weighted by atomic mass is 10.1. The molecule has 25 heavy (non-hydrogen) atoms. The molecular weight excluding hydrogens is 372 g/mol. The zero-order chi connectivity index (χ0) is 17.6. The predicted octanol–water partition coefficient (Wildman–Crippen LogP) is 0.553. The molecule has 0 aromatic heterocycles. The third-order valence-electron chi connectivity index (χ3n) is 3.69. The summed E-state index contributed by atoms with van der Waals surface area (Å²) in [6.07, 6.45) is 2.42. The highest BCUT2D eigenvalue weighted by molar-refractivity contribution is 7.89. The lowest BCUT2D eigenvalue weighted by molar-refractivity contribution is -0.384. The van der Waals surface area contributed by atoms with Crippen LogP contribution in [0.2, 0.25) is 0 Å². The Hall–Kier alpha value is -1.75. The van der Waals surface area contributed by atoms with Crippen LogP contribution >= 0.6 is 12.4 Å². The second-order valence-electron chi connectivity index (χ2n) is 5.50. The maximum Gasteiger partial charge on any atom is 0.269 e. The first-order valence-corrected chi connectivity index (χ1v) is 9.11. The first-order chi connectivity index (χ1) is 11.4. The molecule has 0 radical (unpaired) electrons. The normalized spacial score (nSPS) is 16.9. The van der Waals surface area contributed by atoms with Gasteiger partial charge in [0.15, 0.2) is 0 Å². The third-order valence-corrected chi connectivity index (χ3v) is 5.17. The van der Waals surface area contributed by atoms with Crippen molar-refractivity contribution in [2.24, 2.45) is 0 Å². The molecule has 1 aliphatic rings. The van der Waals surface area contributed by atoms with E-state index in [9.17, 15) is 23.3 Å². The number of sulfonamides is 1. The number of non-ortho nitro benzene ring substituents is 1. The summed E-state index contributed by atoms with van der Waals surface area (Å²) in [5.74, 6) is -0.121. The van der Waals surface area contributed by atoms with Crippen molar-refractivity contribution >= 4 is 34.0 Å². The number of nitrogens with one attached hydrogen (secondary N) is 3. The van der Waals surface area contributed by atoms with E-state index in [2.05, 4.69) is 15.4 Å². The van der Waals surface area contributed by atoms with Gasteiger partial charge in [-0.05, 0) is 31.5 Å². The van der Waals surface area contributed by atoms with Crippen molar-refractivity contribution in [2.75, 3.05) is 19.6 Å². The number of hydrogen-bond acceptors (Lipinski definition) is 6. The SMILES string of the molecule is Cl.O=C(CC1CCCN1)NCCNS(=O)(=O)c1ccc([N+](=O)[O-])cc1. The molecule has 0 spiro atoms. The maximum atomic E-state index is 12.0. The van der Waals surface area contributed by atoms with E-state index in [1.54, 1.807) is 0 Å². The zero-order valence-electron chi connectivity index (χ0n) is 13.4. The van der Waals surface area contributed by atoms with E-state index in [-0.39, 0.29) is 48.0 Å². The molecule has 1 unspecified atom stereocenters. The highest BCUT2D eigenvalue weighted by Crippen LogP contribution is 2.15. The number of nitrogens with zero attached hydrogens (tertiary/aromatic N) is 1. The van der Waals surface area contributed by atoms with Crippen molar-refractivity contribution in [3.05, 3.63) is 34.4 Å². The fourth-order valence-corrected chi connectivity index (χ4v) is 3.48. The largest absolute Gasteiger partial charge is 0.355 e. The predicted molar refractivity (Wildman–Crippen MR) is 94.2 cm³/mol. The minimum atomic E-state index is -3.76. The molecule has 1 atom stereocenters. The van der Waals surface area contributed by atoms with Crippen LogP contribution in [0.5, 0.6) is 0 Å². The summed E-state index contributed by atoms with van der Waals surface area (Å²) < 4.78 is 26.4. The molecular formula is C14H21ClN4O5S. The second-order valence-corrected chi connectivity index (χ2v) is 7.26. The number of nitro benzene ring substituents is 1.